The van der Waals surface area contributed by atoms with Gasteiger partial charge in [0.05, 0.1) is 6.54 Å². The number of pyridine rings is 1. The van der Waals surface area contributed by atoms with E-state index in [2.05, 4.69) is 10.3 Å². The van der Waals surface area contributed by atoms with Gasteiger partial charge in [0.15, 0.2) is 5.82 Å². The van der Waals surface area contributed by atoms with E-state index in [0.717, 1.165) is 6.07 Å². The highest BCUT2D eigenvalue weighted by atomic mass is 32.2. The summed E-state index contributed by atoms with van der Waals surface area (Å²) in [4.78, 5) is 16.8. The lowest BCUT2D eigenvalue weighted by Crippen LogP contribution is -2.51. The summed E-state index contributed by atoms with van der Waals surface area (Å²) in [7, 11) is -2.38. The minimum Gasteiger partial charge on any atom is -0.358 e. The van der Waals surface area contributed by atoms with Crippen molar-refractivity contribution in [2.75, 3.05) is 39.8 Å². The molecule has 0 aliphatic carbocycles. The van der Waals surface area contributed by atoms with Crippen LogP contribution in [-0.2, 0) is 14.8 Å². The lowest BCUT2D eigenvalue weighted by Gasteiger charge is -2.33. The first-order valence-electron chi connectivity index (χ1n) is 6.48. The fraction of sp³-hybridized carbons (Fsp3) is 0.500. The third kappa shape index (κ3) is 3.55. The van der Waals surface area contributed by atoms with E-state index in [9.17, 15) is 17.6 Å². The van der Waals surface area contributed by atoms with Crippen molar-refractivity contribution in [2.24, 2.45) is 0 Å². The van der Waals surface area contributed by atoms with Gasteiger partial charge in [-0.05, 0) is 12.1 Å². The summed E-state index contributed by atoms with van der Waals surface area (Å²) < 4.78 is 39.4. The summed E-state index contributed by atoms with van der Waals surface area (Å²) in [5.74, 6) is -0.979. The first kappa shape index (κ1) is 15.8. The zero-order valence-electron chi connectivity index (χ0n) is 11.6. The van der Waals surface area contributed by atoms with Crippen LogP contribution in [0.2, 0.25) is 0 Å². The molecule has 1 aromatic heterocycles. The van der Waals surface area contributed by atoms with Gasteiger partial charge in [-0.3, -0.25) is 9.69 Å². The Balaban J connectivity index is 2.05. The smallest absolute Gasteiger partial charge is 0.263 e. The molecule has 0 radical (unpaired) electrons. The van der Waals surface area contributed by atoms with Crippen LogP contribution in [0.15, 0.2) is 23.4 Å². The van der Waals surface area contributed by atoms with Crippen LogP contribution in [0.4, 0.5) is 4.39 Å². The number of amides is 1. The van der Waals surface area contributed by atoms with E-state index in [0.29, 0.717) is 13.1 Å². The van der Waals surface area contributed by atoms with Crippen LogP contribution >= 0.6 is 0 Å². The molecule has 9 heteroatoms. The monoisotopic (exact) mass is 316 g/mol. The van der Waals surface area contributed by atoms with Gasteiger partial charge in [0.2, 0.25) is 10.9 Å². The Morgan fingerprint density at radius 3 is 2.62 bits per heavy atom. The van der Waals surface area contributed by atoms with Gasteiger partial charge in [0.1, 0.15) is 0 Å². The number of hydrogen-bond acceptors (Lipinski definition) is 5. The lowest BCUT2D eigenvalue weighted by molar-refractivity contribution is -0.122. The molecule has 2 heterocycles. The highest BCUT2D eigenvalue weighted by Crippen LogP contribution is 2.17. The third-order valence-corrected chi connectivity index (χ3v) is 5.12. The van der Waals surface area contributed by atoms with E-state index in [1.807, 2.05) is 4.90 Å². The van der Waals surface area contributed by atoms with E-state index in [1.54, 1.807) is 7.05 Å². The number of halogens is 1. The molecule has 0 aromatic carbocycles. The van der Waals surface area contributed by atoms with Gasteiger partial charge in [-0.1, -0.05) is 0 Å². The number of sulfonamides is 1. The van der Waals surface area contributed by atoms with Crippen molar-refractivity contribution < 1.29 is 17.6 Å². The van der Waals surface area contributed by atoms with E-state index < -0.39 is 20.9 Å². The highest BCUT2D eigenvalue weighted by Gasteiger charge is 2.31. The van der Waals surface area contributed by atoms with Crippen molar-refractivity contribution in [2.45, 2.75) is 5.03 Å². The van der Waals surface area contributed by atoms with Gasteiger partial charge in [0.25, 0.3) is 10.0 Å². The molecule has 0 bridgehead atoms. The second-order valence-electron chi connectivity index (χ2n) is 4.64. The molecular formula is C12H17FN4O3S. The van der Waals surface area contributed by atoms with Crippen molar-refractivity contribution in [1.82, 2.24) is 19.5 Å². The second kappa shape index (κ2) is 6.46. The molecule has 0 atom stereocenters. The minimum absolute atomic E-state index is 0.123. The van der Waals surface area contributed by atoms with Crippen LogP contribution in [0.3, 0.4) is 0 Å². The Hall–Kier alpha value is -1.58. The van der Waals surface area contributed by atoms with Gasteiger partial charge in [-0.2, -0.15) is 4.31 Å². The number of rotatable bonds is 4. The maximum Gasteiger partial charge on any atom is 0.263 e. The first-order chi connectivity index (χ1) is 9.95. The molecular weight excluding hydrogens is 299 g/mol. The summed E-state index contributed by atoms with van der Waals surface area (Å²) in [5.41, 5.74) is 0. The molecule has 0 spiro atoms. The fourth-order valence-electron chi connectivity index (χ4n) is 2.09. The molecule has 1 amide bonds. The van der Waals surface area contributed by atoms with Crippen LogP contribution in [0.1, 0.15) is 0 Å². The molecule has 1 fully saturated rings. The quantitative estimate of drug-likeness (QED) is 0.792. The van der Waals surface area contributed by atoms with Gasteiger partial charge < -0.3 is 5.32 Å². The predicted molar refractivity (Wildman–Crippen MR) is 73.5 cm³/mol. The number of likely N-dealkylation sites (N-methyl/N-ethyl adjacent to an activating group) is 1. The van der Waals surface area contributed by atoms with Crippen LogP contribution in [0.5, 0.6) is 0 Å². The second-order valence-corrected chi connectivity index (χ2v) is 6.50. The molecule has 1 aromatic rings. The number of carbonyl (C=O) groups is 1. The van der Waals surface area contributed by atoms with Crippen LogP contribution in [0.25, 0.3) is 0 Å². The largest absolute Gasteiger partial charge is 0.358 e. The topological polar surface area (TPSA) is 82.6 Å². The molecule has 1 aliphatic heterocycles. The molecule has 1 aliphatic rings. The van der Waals surface area contributed by atoms with Gasteiger partial charge in [-0.15, -0.1) is 0 Å². The van der Waals surface area contributed by atoms with E-state index in [4.69, 9.17) is 0 Å². The summed E-state index contributed by atoms with van der Waals surface area (Å²) in [5, 5.41) is 1.96. The number of hydrogen-bond donors (Lipinski definition) is 1. The maximum atomic E-state index is 13.6. The molecule has 7 nitrogen and oxygen atoms in total. The Labute approximate surface area is 122 Å². The van der Waals surface area contributed by atoms with Gasteiger partial charge >= 0.3 is 0 Å². The Morgan fingerprint density at radius 1 is 1.38 bits per heavy atom. The lowest BCUT2D eigenvalue weighted by atomic mass is 10.3. The van der Waals surface area contributed by atoms with Crippen LogP contribution in [-0.4, -0.2) is 68.3 Å². The average Bonchev–Trinajstić information content (AvgIpc) is 2.48. The van der Waals surface area contributed by atoms with E-state index in [1.165, 1.54) is 16.6 Å². The molecule has 1 N–H and O–H groups in total. The standard InChI is InChI=1S/C12H17FN4O3S/c1-14-11(18)9-16-5-7-17(8-6-16)21(19,20)12-10(13)3-2-4-15-12/h2-4H,5-9H2,1H3,(H,14,18). The molecule has 116 valence electrons. The van der Waals surface area contributed by atoms with Gasteiger partial charge in [-0.25, -0.2) is 17.8 Å². The maximum absolute atomic E-state index is 13.6. The van der Waals surface area contributed by atoms with Gasteiger partial charge in [0, 0.05) is 39.4 Å². The first-order valence-corrected chi connectivity index (χ1v) is 7.93. The number of piperazine rings is 1. The predicted octanol–water partition coefficient (Wildman–Crippen LogP) is -0.727. The Kier molecular flexibility index (Phi) is 4.86. The Bertz CT molecular complexity index is 615. The average molecular weight is 316 g/mol. The van der Waals surface area contributed by atoms with Crippen molar-refractivity contribution in [3.05, 3.63) is 24.1 Å². The fourth-order valence-corrected chi connectivity index (χ4v) is 3.49. The van der Waals surface area contributed by atoms with Crippen molar-refractivity contribution in [1.29, 1.82) is 0 Å². The van der Waals surface area contributed by atoms with Crippen molar-refractivity contribution >= 4 is 15.9 Å². The zero-order chi connectivity index (χ0) is 15.5. The van der Waals surface area contributed by atoms with E-state index in [-0.39, 0.29) is 25.5 Å². The summed E-state index contributed by atoms with van der Waals surface area (Å²) in [6, 6.07) is 2.41. The van der Waals surface area contributed by atoms with E-state index >= 15 is 0 Å². The number of aromatic nitrogens is 1. The molecule has 1 saturated heterocycles. The Morgan fingerprint density at radius 2 is 2.05 bits per heavy atom. The van der Waals surface area contributed by atoms with Crippen LogP contribution in [0, 0.1) is 5.82 Å². The normalized spacial score (nSPS) is 17.6. The summed E-state index contributed by atoms with van der Waals surface area (Å²) in [6.07, 6.45) is 1.25. The summed E-state index contributed by atoms with van der Waals surface area (Å²) >= 11 is 0. The third-order valence-electron chi connectivity index (χ3n) is 3.29. The zero-order valence-corrected chi connectivity index (χ0v) is 12.4. The highest BCUT2D eigenvalue weighted by molar-refractivity contribution is 7.89. The van der Waals surface area contributed by atoms with Crippen molar-refractivity contribution in [3.8, 4) is 0 Å². The number of nitrogens with one attached hydrogen (secondary N) is 1. The number of carbonyl (C=O) groups excluding carboxylic acids is 1. The number of nitrogens with zero attached hydrogens (tertiary/aromatic N) is 3. The molecule has 2 rings (SSSR count). The molecule has 0 unspecified atom stereocenters. The van der Waals surface area contributed by atoms with Crippen molar-refractivity contribution in [3.63, 3.8) is 0 Å². The summed E-state index contributed by atoms with van der Waals surface area (Å²) in [6.45, 7) is 1.47. The van der Waals surface area contributed by atoms with Crippen LogP contribution < -0.4 is 5.32 Å². The molecule has 21 heavy (non-hydrogen) atoms. The molecule has 0 saturated carbocycles. The SMILES string of the molecule is CNC(=O)CN1CCN(S(=O)(=O)c2ncccc2F)CC1. The minimum atomic E-state index is -3.93.